The van der Waals surface area contributed by atoms with Crippen LogP contribution >= 0.6 is 0 Å². The van der Waals surface area contributed by atoms with Crippen LogP contribution in [0.1, 0.15) is 16.8 Å². The molecule has 0 radical (unpaired) electrons. The number of primary amides is 1. The number of pyridine rings is 1. The summed E-state index contributed by atoms with van der Waals surface area (Å²) in [7, 11) is 0. The number of amides is 2. The quantitative estimate of drug-likeness (QED) is 0.259. The number of aromatic amines is 1. The summed E-state index contributed by atoms with van der Waals surface area (Å²) in [6.45, 7) is 0.933. The lowest BCUT2D eigenvalue weighted by atomic mass is 9.88. The molecule has 5 unspecified atom stereocenters. The van der Waals surface area contributed by atoms with Gasteiger partial charge < -0.3 is 36.5 Å². The maximum absolute atomic E-state index is 12.9. The Morgan fingerprint density at radius 1 is 1.13 bits per heavy atom. The molecule has 12 nitrogen and oxygen atoms in total. The van der Waals surface area contributed by atoms with E-state index in [4.69, 9.17) is 5.73 Å². The molecule has 6 rings (SSSR count). The molecule has 2 amide bonds. The molecule has 5 atom stereocenters. The number of imidazole rings is 1. The molecule has 3 heterocycles. The maximum Gasteiger partial charge on any atom is 0.322 e. The first-order chi connectivity index (χ1) is 18.3. The summed E-state index contributed by atoms with van der Waals surface area (Å²) >= 11 is 0. The van der Waals surface area contributed by atoms with Gasteiger partial charge in [0.1, 0.15) is 23.1 Å². The first-order valence-corrected chi connectivity index (χ1v) is 12.5. The topological polar surface area (TPSA) is 187 Å². The van der Waals surface area contributed by atoms with Crippen LogP contribution in [-0.4, -0.2) is 79.6 Å². The second kappa shape index (κ2) is 9.14. The molecule has 1 saturated heterocycles. The number of allylic oxidation sites excluding steroid dienone is 1. The van der Waals surface area contributed by atoms with E-state index < -0.39 is 12.0 Å². The van der Waals surface area contributed by atoms with Gasteiger partial charge in [-0.1, -0.05) is 24.3 Å². The molecule has 2 aromatic heterocycles. The van der Waals surface area contributed by atoms with Crippen LogP contribution in [0.25, 0.3) is 22.6 Å². The standard InChI is InChI=1S/C26H27N7O5/c27-22(35)18-14-5-6-15(9-14)19(18)30-20-17(34)10-29-24-21(20)31-23(32-24)12-1-3-13(4-2-12)25(36)33-8-7-28-16(11-33)26(37)38/h1-6,10,14-16,18-19,28,34H,7-9,11H2,(H2,27,35)(H,37,38)(H2,29,30,31,32). The number of aliphatic carboxylic acids is 1. The van der Waals surface area contributed by atoms with E-state index in [-0.39, 0.29) is 47.9 Å². The zero-order valence-corrected chi connectivity index (χ0v) is 20.3. The van der Waals surface area contributed by atoms with Crippen LogP contribution in [0, 0.1) is 17.8 Å². The third-order valence-electron chi connectivity index (χ3n) is 7.76. The van der Waals surface area contributed by atoms with Crippen molar-refractivity contribution in [3.8, 4) is 17.1 Å². The number of H-pyrrole nitrogens is 1. The fourth-order valence-electron chi connectivity index (χ4n) is 5.86. The first-order valence-electron chi connectivity index (χ1n) is 12.5. The summed E-state index contributed by atoms with van der Waals surface area (Å²) in [6.07, 6.45) is 6.28. The summed E-state index contributed by atoms with van der Waals surface area (Å²) in [4.78, 5) is 49.9. The number of hydrogen-bond acceptors (Lipinski definition) is 8. The minimum absolute atomic E-state index is 0.0701. The Hall–Kier alpha value is -4.45. The first kappa shape index (κ1) is 23.9. The highest BCUT2D eigenvalue weighted by Crippen LogP contribution is 2.46. The number of aromatic hydroxyl groups is 1. The van der Waals surface area contributed by atoms with Crippen LogP contribution in [0.4, 0.5) is 5.69 Å². The van der Waals surface area contributed by atoms with Crippen molar-refractivity contribution in [2.24, 2.45) is 23.5 Å². The van der Waals surface area contributed by atoms with Crippen LogP contribution in [0.5, 0.6) is 5.75 Å². The molecule has 3 aliphatic rings. The minimum Gasteiger partial charge on any atom is -0.504 e. The Bertz CT molecular complexity index is 1470. The van der Waals surface area contributed by atoms with Crippen molar-refractivity contribution in [1.29, 1.82) is 0 Å². The number of fused-ring (bicyclic) bond motifs is 3. The van der Waals surface area contributed by atoms with Crippen LogP contribution in [0.3, 0.4) is 0 Å². The Kier molecular flexibility index (Phi) is 5.75. The summed E-state index contributed by atoms with van der Waals surface area (Å²) < 4.78 is 0. The van der Waals surface area contributed by atoms with Gasteiger partial charge >= 0.3 is 5.97 Å². The van der Waals surface area contributed by atoms with E-state index >= 15 is 0 Å². The highest BCUT2D eigenvalue weighted by atomic mass is 16.4. The molecule has 1 aliphatic heterocycles. The number of nitrogens with zero attached hydrogens (tertiary/aromatic N) is 3. The second-order valence-corrected chi connectivity index (χ2v) is 10.0. The Labute approximate surface area is 216 Å². The fourth-order valence-corrected chi connectivity index (χ4v) is 5.86. The average Bonchev–Trinajstić information content (AvgIpc) is 3.65. The molecule has 196 valence electrons. The van der Waals surface area contributed by atoms with E-state index in [0.717, 1.165) is 6.42 Å². The van der Waals surface area contributed by atoms with Gasteiger partial charge in [0.2, 0.25) is 5.91 Å². The Morgan fingerprint density at radius 3 is 2.63 bits per heavy atom. The number of anilines is 1. The molecular formula is C26H27N7O5. The molecule has 3 aromatic rings. The largest absolute Gasteiger partial charge is 0.504 e. The van der Waals surface area contributed by atoms with E-state index in [1.807, 2.05) is 6.08 Å². The van der Waals surface area contributed by atoms with Crippen LogP contribution in [0.15, 0.2) is 42.6 Å². The lowest BCUT2D eigenvalue weighted by Gasteiger charge is -2.31. The summed E-state index contributed by atoms with van der Waals surface area (Å²) in [5.41, 5.74) is 8.12. The number of carboxylic acids is 1. The zero-order valence-electron chi connectivity index (χ0n) is 20.3. The maximum atomic E-state index is 12.9. The van der Waals surface area contributed by atoms with Crippen LogP contribution in [-0.2, 0) is 9.59 Å². The lowest BCUT2D eigenvalue weighted by Crippen LogP contribution is -2.55. The molecular weight excluding hydrogens is 490 g/mol. The molecule has 2 aliphatic carbocycles. The Morgan fingerprint density at radius 2 is 1.89 bits per heavy atom. The van der Waals surface area contributed by atoms with E-state index in [1.165, 1.54) is 11.1 Å². The van der Waals surface area contributed by atoms with Crippen molar-refractivity contribution in [3.05, 3.63) is 48.2 Å². The molecule has 38 heavy (non-hydrogen) atoms. The van der Waals surface area contributed by atoms with Crippen molar-refractivity contribution in [3.63, 3.8) is 0 Å². The third-order valence-corrected chi connectivity index (χ3v) is 7.76. The van der Waals surface area contributed by atoms with Crippen molar-refractivity contribution in [1.82, 2.24) is 25.2 Å². The number of hydrogen-bond donors (Lipinski definition) is 6. The van der Waals surface area contributed by atoms with Gasteiger partial charge in [0.05, 0.1) is 12.1 Å². The van der Waals surface area contributed by atoms with Crippen molar-refractivity contribution < 1.29 is 24.6 Å². The molecule has 7 N–H and O–H groups in total. The number of carboxylic acid groups (broad SMARTS) is 1. The van der Waals surface area contributed by atoms with E-state index in [2.05, 4.69) is 31.7 Å². The highest BCUT2D eigenvalue weighted by Gasteiger charge is 2.47. The number of carbonyl (C=O) groups excluding carboxylic acids is 2. The van der Waals surface area contributed by atoms with Gasteiger partial charge in [0, 0.05) is 36.8 Å². The predicted molar refractivity (Wildman–Crippen MR) is 137 cm³/mol. The van der Waals surface area contributed by atoms with Gasteiger partial charge in [-0.25, -0.2) is 9.97 Å². The van der Waals surface area contributed by atoms with Gasteiger partial charge in [-0.05, 0) is 30.4 Å². The van der Waals surface area contributed by atoms with Crippen LogP contribution < -0.4 is 16.4 Å². The number of rotatable bonds is 6. The molecule has 1 saturated carbocycles. The molecule has 2 fully saturated rings. The Balaban J connectivity index is 1.25. The second-order valence-electron chi connectivity index (χ2n) is 10.0. The average molecular weight is 518 g/mol. The zero-order chi connectivity index (χ0) is 26.6. The van der Waals surface area contributed by atoms with Gasteiger partial charge in [-0.2, -0.15) is 0 Å². The van der Waals surface area contributed by atoms with E-state index in [0.29, 0.717) is 46.9 Å². The molecule has 0 spiro atoms. The normalized spacial score (nSPS) is 26.1. The number of aromatic nitrogens is 3. The number of benzene rings is 1. The predicted octanol–water partition coefficient (Wildman–Crippen LogP) is 0.917. The van der Waals surface area contributed by atoms with Gasteiger partial charge in [-0.15, -0.1) is 0 Å². The van der Waals surface area contributed by atoms with Gasteiger partial charge in [0.15, 0.2) is 11.4 Å². The smallest absolute Gasteiger partial charge is 0.322 e. The summed E-state index contributed by atoms with van der Waals surface area (Å²) in [5.74, 6) is -1.33. The van der Waals surface area contributed by atoms with Crippen LogP contribution in [0.2, 0.25) is 0 Å². The molecule has 2 bridgehead atoms. The lowest BCUT2D eigenvalue weighted by molar-refractivity contribution is -0.140. The molecule has 12 heteroatoms. The van der Waals surface area contributed by atoms with E-state index in [1.54, 1.807) is 24.3 Å². The minimum atomic E-state index is -0.988. The SMILES string of the molecule is NC(=O)C1C2C=CC(C2)C1Nc1c(O)cnc2nc(-c3ccc(C(=O)N4CCNC(C(=O)O)C4)cc3)[nH]c12. The highest BCUT2D eigenvalue weighted by molar-refractivity contribution is 5.96. The number of piperazine rings is 1. The number of nitrogens with two attached hydrogens (primary N) is 1. The monoisotopic (exact) mass is 517 g/mol. The van der Waals surface area contributed by atoms with E-state index in [9.17, 15) is 24.6 Å². The fraction of sp³-hybridized carbons (Fsp3) is 0.346. The number of nitrogens with one attached hydrogen (secondary N) is 3. The van der Waals surface area contributed by atoms with Gasteiger partial charge in [0.25, 0.3) is 5.91 Å². The summed E-state index contributed by atoms with van der Waals surface area (Å²) in [5, 5.41) is 26.1. The molecule has 1 aromatic carbocycles. The third kappa shape index (κ3) is 4.02. The van der Waals surface area contributed by atoms with Crippen molar-refractivity contribution in [2.75, 3.05) is 25.0 Å². The summed E-state index contributed by atoms with van der Waals surface area (Å²) in [6, 6.07) is 5.80. The number of carbonyl (C=O) groups is 3. The van der Waals surface area contributed by atoms with Crippen molar-refractivity contribution in [2.45, 2.75) is 18.5 Å². The van der Waals surface area contributed by atoms with Gasteiger partial charge in [-0.3, -0.25) is 14.4 Å². The van der Waals surface area contributed by atoms with Crippen molar-refractivity contribution >= 4 is 34.6 Å².